The number of nitrogens with one attached hydrogen (secondary N) is 3. The Morgan fingerprint density at radius 1 is 0.833 bits per heavy atom. The summed E-state index contributed by atoms with van der Waals surface area (Å²) in [6, 6.07) is 15.3. The number of amides is 2. The van der Waals surface area contributed by atoms with Crippen LogP contribution < -0.4 is 20.7 Å². The molecule has 2 rings (SSSR count). The highest BCUT2D eigenvalue weighted by atomic mass is 16.5. The van der Waals surface area contributed by atoms with Crippen molar-refractivity contribution in [3.05, 3.63) is 48.5 Å². The van der Waals surface area contributed by atoms with Gasteiger partial charge in [0.25, 0.3) is 0 Å². The Hall–Kier alpha value is -2.69. The van der Waals surface area contributed by atoms with Crippen molar-refractivity contribution in [3.8, 4) is 5.75 Å². The molecule has 0 fully saturated rings. The van der Waals surface area contributed by atoms with E-state index in [1.54, 1.807) is 0 Å². The van der Waals surface area contributed by atoms with Gasteiger partial charge in [-0.2, -0.15) is 0 Å². The Morgan fingerprint density at radius 3 is 1.83 bits per heavy atom. The number of anilines is 3. The third kappa shape index (κ3) is 5.83. The smallest absolute Gasteiger partial charge is 0.319 e. The third-order valence-corrected chi connectivity index (χ3v) is 3.08. The van der Waals surface area contributed by atoms with Crippen molar-refractivity contribution < 1.29 is 9.53 Å². The molecule has 0 saturated heterocycles. The van der Waals surface area contributed by atoms with Crippen LogP contribution in [0.4, 0.5) is 21.9 Å². The molecule has 0 radical (unpaired) electrons. The summed E-state index contributed by atoms with van der Waals surface area (Å²) in [5.74, 6) is 0.853. The first kappa shape index (κ1) is 17.7. The standard InChI is InChI=1S/C19H25N3O2/c1-13(2)20-19(23)22-17-7-5-15(6-8-17)21-16-9-11-18(12-10-16)24-14(3)4/h5-14,21H,1-4H3,(H2,20,22,23). The predicted molar refractivity (Wildman–Crippen MR) is 99.2 cm³/mol. The van der Waals surface area contributed by atoms with Crippen LogP contribution in [0.1, 0.15) is 27.7 Å². The monoisotopic (exact) mass is 327 g/mol. The van der Waals surface area contributed by atoms with Gasteiger partial charge in [0.05, 0.1) is 6.10 Å². The van der Waals surface area contributed by atoms with Crippen molar-refractivity contribution in [3.63, 3.8) is 0 Å². The van der Waals surface area contributed by atoms with Gasteiger partial charge in [-0.1, -0.05) is 0 Å². The van der Waals surface area contributed by atoms with Crippen molar-refractivity contribution in [2.75, 3.05) is 10.6 Å². The van der Waals surface area contributed by atoms with E-state index in [1.807, 2.05) is 76.2 Å². The summed E-state index contributed by atoms with van der Waals surface area (Å²) in [6.45, 7) is 7.85. The first-order valence-electron chi connectivity index (χ1n) is 8.13. The van der Waals surface area contributed by atoms with Gasteiger partial charge in [-0.05, 0) is 76.2 Å². The Labute approximate surface area is 143 Å². The van der Waals surface area contributed by atoms with E-state index in [2.05, 4.69) is 16.0 Å². The molecule has 0 bridgehead atoms. The van der Waals surface area contributed by atoms with Crippen molar-refractivity contribution in [2.45, 2.75) is 39.8 Å². The SMILES string of the molecule is CC(C)NC(=O)Nc1ccc(Nc2ccc(OC(C)C)cc2)cc1. The average molecular weight is 327 g/mol. The fraction of sp³-hybridized carbons (Fsp3) is 0.316. The van der Waals surface area contributed by atoms with Crippen LogP contribution in [-0.4, -0.2) is 18.2 Å². The second-order valence-corrected chi connectivity index (χ2v) is 6.15. The zero-order valence-corrected chi connectivity index (χ0v) is 14.6. The zero-order valence-electron chi connectivity index (χ0n) is 14.6. The van der Waals surface area contributed by atoms with Crippen LogP contribution in [-0.2, 0) is 0 Å². The molecule has 5 nitrogen and oxygen atoms in total. The lowest BCUT2D eigenvalue weighted by molar-refractivity contribution is 0.242. The number of hydrogen-bond acceptors (Lipinski definition) is 3. The van der Waals surface area contributed by atoms with E-state index < -0.39 is 0 Å². The van der Waals surface area contributed by atoms with Crippen molar-refractivity contribution >= 4 is 23.1 Å². The molecule has 5 heteroatoms. The van der Waals surface area contributed by atoms with Crippen LogP contribution in [0.5, 0.6) is 5.75 Å². The molecule has 0 aliphatic heterocycles. The summed E-state index contributed by atoms with van der Waals surface area (Å²) in [6.07, 6.45) is 0.164. The molecule has 0 unspecified atom stereocenters. The second kappa shape index (κ2) is 8.24. The number of ether oxygens (including phenoxy) is 1. The lowest BCUT2D eigenvalue weighted by Gasteiger charge is -2.12. The number of benzene rings is 2. The maximum Gasteiger partial charge on any atom is 0.319 e. The van der Waals surface area contributed by atoms with Crippen LogP contribution in [0.15, 0.2) is 48.5 Å². The number of rotatable bonds is 6. The van der Waals surface area contributed by atoms with Gasteiger partial charge >= 0.3 is 6.03 Å². The third-order valence-electron chi connectivity index (χ3n) is 3.08. The second-order valence-electron chi connectivity index (χ2n) is 6.15. The summed E-state index contributed by atoms with van der Waals surface area (Å²) >= 11 is 0. The van der Waals surface area contributed by atoms with Gasteiger partial charge < -0.3 is 20.7 Å². The van der Waals surface area contributed by atoms with Crippen molar-refractivity contribution in [1.29, 1.82) is 0 Å². The number of hydrogen-bond donors (Lipinski definition) is 3. The van der Waals surface area contributed by atoms with Gasteiger partial charge in [0.15, 0.2) is 0 Å². The number of carbonyl (C=O) groups excluding carboxylic acids is 1. The molecule has 24 heavy (non-hydrogen) atoms. The fourth-order valence-electron chi connectivity index (χ4n) is 2.12. The lowest BCUT2D eigenvalue weighted by Crippen LogP contribution is -2.34. The topological polar surface area (TPSA) is 62.4 Å². The maximum atomic E-state index is 11.7. The molecular weight excluding hydrogens is 302 g/mol. The Balaban J connectivity index is 1.92. The van der Waals surface area contributed by atoms with E-state index >= 15 is 0 Å². The van der Waals surface area contributed by atoms with Gasteiger partial charge in [-0.15, -0.1) is 0 Å². The van der Waals surface area contributed by atoms with Crippen molar-refractivity contribution in [1.82, 2.24) is 5.32 Å². The highest BCUT2D eigenvalue weighted by Gasteiger charge is 2.03. The van der Waals surface area contributed by atoms with Crippen LogP contribution in [0.25, 0.3) is 0 Å². The minimum atomic E-state index is -0.202. The molecule has 3 N–H and O–H groups in total. The van der Waals surface area contributed by atoms with Crippen LogP contribution in [0, 0.1) is 0 Å². The van der Waals surface area contributed by atoms with E-state index in [4.69, 9.17) is 4.74 Å². The Bertz CT molecular complexity index is 649. The molecule has 0 saturated carbocycles. The van der Waals surface area contributed by atoms with E-state index in [0.717, 1.165) is 22.8 Å². The molecule has 2 amide bonds. The molecule has 128 valence electrons. The first-order chi connectivity index (χ1) is 11.4. The summed E-state index contributed by atoms with van der Waals surface area (Å²) in [5.41, 5.74) is 2.67. The van der Waals surface area contributed by atoms with Gasteiger partial charge in [0.1, 0.15) is 5.75 Å². The molecule has 0 aliphatic rings. The molecule has 0 spiro atoms. The first-order valence-corrected chi connectivity index (χ1v) is 8.13. The van der Waals surface area contributed by atoms with E-state index in [0.29, 0.717) is 0 Å². The number of urea groups is 1. The van der Waals surface area contributed by atoms with Crippen molar-refractivity contribution in [2.24, 2.45) is 0 Å². The van der Waals surface area contributed by atoms with Gasteiger partial charge in [-0.3, -0.25) is 0 Å². The molecule has 0 aliphatic carbocycles. The normalized spacial score (nSPS) is 10.6. The van der Waals surface area contributed by atoms with Crippen LogP contribution >= 0.6 is 0 Å². The van der Waals surface area contributed by atoms with Gasteiger partial charge in [-0.25, -0.2) is 4.79 Å². The van der Waals surface area contributed by atoms with E-state index in [-0.39, 0.29) is 18.2 Å². The fourth-order valence-corrected chi connectivity index (χ4v) is 2.12. The summed E-state index contributed by atoms with van der Waals surface area (Å²) in [5, 5.41) is 8.90. The minimum absolute atomic E-state index is 0.105. The zero-order chi connectivity index (χ0) is 17.5. The Kier molecular flexibility index (Phi) is 6.07. The average Bonchev–Trinajstić information content (AvgIpc) is 2.50. The highest BCUT2D eigenvalue weighted by Crippen LogP contribution is 2.22. The van der Waals surface area contributed by atoms with E-state index in [1.165, 1.54) is 0 Å². The molecule has 0 atom stereocenters. The highest BCUT2D eigenvalue weighted by molar-refractivity contribution is 5.89. The molecule has 2 aromatic rings. The summed E-state index contributed by atoms with van der Waals surface area (Å²) < 4.78 is 5.63. The van der Waals surface area contributed by atoms with Gasteiger partial charge in [0.2, 0.25) is 0 Å². The molecule has 2 aromatic carbocycles. The van der Waals surface area contributed by atoms with Gasteiger partial charge in [0, 0.05) is 23.1 Å². The summed E-state index contributed by atoms with van der Waals surface area (Å²) in [4.78, 5) is 11.7. The molecule has 0 heterocycles. The number of carbonyl (C=O) groups is 1. The van der Waals surface area contributed by atoms with Crippen LogP contribution in [0.2, 0.25) is 0 Å². The molecular formula is C19H25N3O2. The molecule has 0 aromatic heterocycles. The lowest BCUT2D eigenvalue weighted by atomic mass is 10.2. The largest absolute Gasteiger partial charge is 0.491 e. The van der Waals surface area contributed by atoms with E-state index in [9.17, 15) is 4.79 Å². The Morgan fingerprint density at radius 2 is 1.33 bits per heavy atom. The minimum Gasteiger partial charge on any atom is -0.491 e. The van der Waals surface area contributed by atoms with Crippen LogP contribution in [0.3, 0.4) is 0 Å². The maximum absolute atomic E-state index is 11.7. The predicted octanol–water partition coefficient (Wildman–Crippen LogP) is 4.75. The summed E-state index contributed by atoms with van der Waals surface area (Å²) in [7, 11) is 0. The quantitative estimate of drug-likeness (QED) is 0.717.